The SMILES string of the molecule is Cc1ccc(NS(=O)(=O)c2ccc(OCC(=O)Nc3cccc(Cl)c3Cl)cc2)cc1Cl. The maximum Gasteiger partial charge on any atom is 0.262 e. The van der Waals surface area contributed by atoms with Gasteiger partial charge in [-0.2, -0.15) is 0 Å². The molecule has 0 aliphatic carbocycles. The average molecular weight is 500 g/mol. The lowest BCUT2D eigenvalue weighted by molar-refractivity contribution is -0.118. The van der Waals surface area contributed by atoms with E-state index in [2.05, 4.69) is 10.0 Å². The number of hydrogen-bond acceptors (Lipinski definition) is 4. The number of nitrogens with one attached hydrogen (secondary N) is 2. The Kier molecular flexibility index (Phi) is 7.33. The smallest absolute Gasteiger partial charge is 0.262 e. The van der Waals surface area contributed by atoms with Crippen LogP contribution in [0.2, 0.25) is 15.1 Å². The van der Waals surface area contributed by atoms with Crippen LogP contribution in [0.4, 0.5) is 11.4 Å². The predicted molar refractivity (Wildman–Crippen MR) is 124 cm³/mol. The minimum atomic E-state index is -3.81. The van der Waals surface area contributed by atoms with E-state index in [-0.39, 0.29) is 16.5 Å². The molecule has 2 N–H and O–H groups in total. The lowest BCUT2D eigenvalue weighted by atomic mass is 10.2. The first kappa shape index (κ1) is 23.2. The van der Waals surface area contributed by atoms with Crippen LogP contribution in [0.25, 0.3) is 0 Å². The number of ether oxygens (including phenoxy) is 1. The van der Waals surface area contributed by atoms with Gasteiger partial charge in [-0.3, -0.25) is 9.52 Å². The molecule has 0 aliphatic heterocycles. The highest BCUT2D eigenvalue weighted by Gasteiger charge is 2.15. The van der Waals surface area contributed by atoms with Crippen LogP contribution in [0, 0.1) is 6.92 Å². The van der Waals surface area contributed by atoms with Crippen LogP contribution in [-0.4, -0.2) is 20.9 Å². The third kappa shape index (κ3) is 6.04. The van der Waals surface area contributed by atoms with Crippen molar-refractivity contribution in [2.45, 2.75) is 11.8 Å². The number of amides is 1. The van der Waals surface area contributed by atoms with Crippen molar-refractivity contribution in [3.8, 4) is 5.75 Å². The molecule has 0 radical (unpaired) electrons. The summed E-state index contributed by atoms with van der Waals surface area (Å²) in [5.74, 6) is -0.122. The molecule has 1 amide bonds. The molecule has 3 aromatic carbocycles. The van der Waals surface area contributed by atoms with Crippen LogP contribution in [-0.2, 0) is 14.8 Å². The molecule has 0 aromatic heterocycles. The standard InChI is InChI=1S/C21H17Cl3N2O4S/c1-13-5-6-14(11-18(13)23)26-31(28,29)16-9-7-15(8-10-16)30-12-20(27)25-19-4-2-3-17(22)21(19)24/h2-11,26H,12H2,1H3,(H,25,27). The predicted octanol–water partition coefficient (Wildman–Crippen LogP) is 5.77. The number of sulfonamides is 1. The Balaban J connectivity index is 1.61. The number of rotatable bonds is 7. The zero-order valence-electron chi connectivity index (χ0n) is 16.2. The lowest BCUT2D eigenvalue weighted by Crippen LogP contribution is -2.20. The van der Waals surface area contributed by atoms with E-state index in [1.54, 1.807) is 30.3 Å². The third-order valence-electron chi connectivity index (χ3n) is 4.15. The number of hydrogen-bond donors (Lipinski definition) is 2. The molecule has 31 heavy (non-hydrogen) atoms. The molecule has 0 spiro atoms. The topological polar surface area (TPSA) is 84.5 Å². The van der Waals surface area contributed by atoms with E-state index < -0.39 is 15.9 Å². The van der Waals surface area contributed by atoms with Gasteiger partial charge in [-0.25, -0.2) is 8.42 Å². The maximum absolute atomic E-state index is 12.6. The van der Waals surface area contributed by atoms with Gasteiger partial charge in [0.2, 0.25) is 0 Å². The molecule has 0 unspecified atom stereocenters. The van der Waals surface area contributed by atoms with Gasteiger partial charge in [0.15, 0.2) is 6.61 Å². The summed E-state index contributed by atoms with van der Waals surface area (Å²) in [6, 6.07) is 15.4. The molecule has 0 saturated carbocycles. The average Bonchev–Trinajstić information content (AvgIpc) is 2.73. The fourth-order valence-electron chi connectivity index (χ4n) is 2.52. The highest BCUT2D eigenvalue weighted by atomic mass is 35.5. The van der Waals surface area contributed by atoms with Gasteiger partial charge in [0.05, 0.1) is 26.3 Å². The van der Waals surface area contributed by atoms with Crippen LogP contribution < -0.4 is 14.8 Å². The summed E-state index contributed by atoms with van der Waals surface area (Å²) in [6.45, 7) is 1.53. The van der Waals surface area contributed by atoms with Crippen molar-refractivity contribution in [1.29, 1.82) is 0 Å². The Morgan fingerprint density at radius 2 is 1.68 bits per heavy atom. The molecule has 0 bridgehead atoms. The monoisotopic (exact) mass is 498 g/mol. The van der Waals surface area contributed by atoms with Crippen molar-refractivity contribution >= 4 is 62.1 Å². The molecule has 10 heteroatoms. The van der Waals surface area contributed by atoms with Crippen molar-refractivity contribution in [2.24, 2.45) is 0 Å². The number of carbonyl (C=O) groups excluding carboxylic acids is 1. The second-order valence-electron chi connectivity index (χ2n) is 6.48. The third-order valence-corrected chi connectivity index (χ3v) is 6.78. The summed E-state index contributed by atoms with van der Waals surface area (Å²) in [4.78, 5) is 12.1. The molecule has 3 rings (SSSR count). The first-order valence-corrected chi connectivity index (χ1v) is 11.5. The van der Waals surface area contributed by atoms with Crippen molar-refractivity contribution in [3.05, 3.63) is 81.3 Å². The van der Waals surface area contributed by atoms with E-state index in [0.29, 0.717) is 27.2 Å². The van der Waals surface area contributed by atoms with E-state index in [0.717, 1.165) is 5.56 Å². The van der Waals surface area contributed by atoms with Crippen LogP contribution in [0.1, 0.15) is 5.56 Å². The van der Waals surface area contributed by atoms with Crippen LogP contribution >= 0.6 is 34.8 Å². The number of benzene rings is 3. The van der Waals surface area contributed by atoms with Gasteiger partial charge in [0, 0.05) is 5.02 Å². The second kappa shape index (κ2) is 9.78. The number of carbonyl (C=O) groups is 1. The Morgan fingerprint density at radius 3 is 2.35 bits per heavy atom. The highest BCUT2D eigenvalue weighted by molar-refractivity contribution is 7.92. The van der Waals surface area contributed by atoms with Crippen LogP contribution in [0.3, 0.4) is 0 Å². The Hall–Kier alpha value is -2.45. The second-order valence-corrected chi connectivity index (χ2v) is 9.35. The molecule has 0 heterocycles. The van der Waals surface area contributed by atoms with Crippen molar-refractivity contribution in [1.82, 2.24) is 0 Å². The summed E-state index contributed by atoms with van der Waals surface area (Å²) < 4.78 is 33.0. The van der Waals surface area contributed by atoms with Crippen molar-refractivity contribution < 1.29 is 17.9 Å². The molecule has 0 saturated heterocycles. The van der Waals surface area contributed by atoms with E-state index in [9.17, 15) is 13.2 Å². The van der Waals surface area contributed by atoms with E-state index in [1.807, 2.05) is 6.92 Å². The zero-order chi connectivity index (χ0) is 22.6. The molecule has 0 atom stereocenters. The van der Waals surface area contributed by atoms with E-state index >= 15 is 0 Å². The Morgan fingerprint density at radius 1 is 0.968 bits per heavy atom. The lowest BCUT2D eigenvalue weighted by Gasteiger charge is -2.11. The zero-order valence-corrected chi connectivity index (χ0v) is 19.2. The fourth-order valence-corrected chi connectivity index (χ4v) is 4.10. The molecule has 162 valence electrons. The summed E-state index contributed by atoms with van der Waals surface area (Å²) in [7, 11) is -3.81. The Labute approximate surface area is 195 Å². The molecule has 0 fully saturated rings. The first-order chi connectivity index (χ1) is 14.7. The summed E-state index contributed by atoms with van der Waals surface area (Å²) in [6.07, 6.45) is 0. The quantitative estimate of drug-likeness (QED) is 0.432. The van der Waals surface area contributed by atoms with E-state index in [4.69, 9.17) is 39.5 Å². The van der Waals surface area contributed by atoms with Gasteiger partial charge >= 0.3 is 0 Å². The number of halogens is 3. The minimum absolute atomic E-state index is 0.0340. The van der Waals surface area contributed by atoms with Gasteiger partial charge in [0.25, 0.3) is 15.9 Å². The number of anilines is 2. The summed E-state index contributed by atoms with van der Waals surface area (Å²) in [5.41, 5.74) is 1.56. The fraction of sp³-hybridized carbons (Fsp3) is 0.0952. The van der Waals surface area contributed by atoms with Crippen molar-refractivity contribution in [2.75, 3.05) is 16.6 Å². The number of aryl methyl sites for hydroxylation is 1. The largest absolute Gasteiger partial charge is 0.484 e. The van der Waals surface area contributed by atoms with Gasteiger partial charge in [-0.05, 0) is 61.0 Å². The minimum Gasteiger partial charge on any atom is -0.484 e. The normalized spacial score (nSPS) is 11.1. The molecular formula is C21H17Cl3N2O4S. The van der Waals surface area contributed by atoms with Crippen LogP contribution in [0.5, 0.6) is 5.75 Å². The van der Waals surface area contributed by atoms with Gasteiger partial charge in [-0.1, -0.05) is 46.9 Å². The summed E-state index contributed by atoms with van der Waals surface area (Å²) in [5, 5.41) is 3.60. The molecule has 6 nitrogen and oxygen atoms in total. The summed E-state index contributed by atoms with van der Waals surface area (Å²) >= 11 is 18.0. The van der Waals surface area contributed by atoms with Gasteiger partial charge in [0.1, 0.15) is 5.75 Å². The highest BCUT2D eigenvalue weighted by Crippen LogP contribution is 2.29. The van der Waals surface area contributed by atoms with E-state index in [1.165, 1.54) is 30.3 Å². The Bertz CT molecular complexity index is 1220. The first-order valence-electron chi connectivity index (χ1n) is 8.91. The van der Waals surface area contributed by atoms with Gasteiger partial charge in [-0.15, -0.1) is 0 Å². The maximum atomic E-state index is 12.6. The molecular weight excluding hydrogens is 483 g/mol. The van der Waals surface area contributed by atoms with Gasteiger partial charge < -0.3 is 10.1 Å². The van der Waals surface area contributed by atoms with Crippen LogP contribution in [0.15, 0.2) is 65.6 Å². The molecule has 3 aromatic rings. The molecule has 0 aliphatic rings. The van der Waals surface area contributed by atoms with Crippen molar-refractivity contribution in [3.63, 3.8) is 0 Å².